The first-order chi connectivity index (χ1) is 12.2. The largest absolute Gasteiger partial charge is 0.432 e. The monoisotopic (exact) mass is 335 g/mol. The molecule has 0 saturated carbocycles. The van der Waals surface area contributed by atoms with E-state index in [0.29, 0.717) is 11.5 Å². The van der Waals surface area contributed by atoms with E-state index in [9.17, 15) is 4.79 Å². The van der Waals surface area contributed by atoms with Gasteiger partial charge in [0.1, 0.15) is 5.52 Å². The molecule has 4 rings (SSSR count). The van der Waals surface area contributed by atoms with Gasteiger partial charge in [0, 0.05) is 37.8 Å². The summed E-state index contributed by atoms with van der Waals surface area (Å²) in [5, 5.41) is 2.55. The smallest absolute Gasteiger partial charge is 0.306 e. The number of amides is 1. The zero-order valence-corrected chi connectivity index (χ0v) is 14.5. The Morgan fingerprint density at radius 1 is 1.28 bits per heavy atom. The van der Waals surface area contributed by atoms with Gasteiger partial charge in [-0.2, -0.15) is 0 Å². The fourth-order valence-electron chi connectivity index (χ4n) is 3.56. The molecule has 0 bridgehead atoms. The average Bonchev–Trinajstić information content (AvgIpc) is 3.29. The molecule has 0 aliphatic carbocycles. The maximum absolute atomic E-state index is 11.8. The van der Waals surface area contributed by atoms with Gasteiger partial charge in [-0.15, -0.1) is 0 Å². The van der Waals surface area contributed by atoms with Crippen molar-refractivity contribution >= 4 is 22.7 Å². The van der Waals surface area contributed by atoms with Crippen molar-refractivity contribution in [1.82, 2.24) is 10.3 Å². The van der Waals surface area contributed by atoms with Gasteiger partial charge in [-0.05, 0) is 30.5 Å². The summed E-state index contributed by atoms with van der Waals surface area (Å²) in [5.41, 5.74) is 4.96. The lowest BCUT2D eigenvalue weighted by molar-refractivity contribution is 0.0931. The van der Waals surface area contributed by atoms with E-state index in [1.54, 1.807) is 7.05 Å². The van der Waals surface area contributed by atoms with Crippen molar-refractivity contribution in [3.63, 3.8) is 0 Å². The first-order valence-corrected chi connectivity index (χ1v) is 8.59. The molecule has 25 heavy (non-hydrogen) atoms. The fourth-order valence-corrected chi connectivity index (χ4v) is 3.56. The van der Waals surface area contributed by atoms with Crippen LogP contribution in [0.15, 0.2) is 46.9 Å². The predicted molar refractivity (Wildman–Crippen MR) is 98.1 cm³/mol. The molecule has 1 aliphatic heterocycles. The highest BCUT2D eigenvalue weighted by Gasteiger charge is 2.25. The summed E-state index contributed by atoms with van der Waals surface area (Å²) in [6.45, 7) is 4.01. The van der Waals surface area contributed by atoms with Crippen LogP contribution < -0.4 is 10.2 Å². The molecule has 1 saturated heterocycles. The lowest BCUT2D eigenvalue weighted by atomic mass is 9.99. The van der Waals surface area contributed by atoms with Crippen LogP contribution >= 0.6 is 0 Å². The van der Waals surface area contributed by atoms with Gasteiger partial charge in [0.15, 0.2) is 5.58 Å². The molecule has 5 heteroatoms. The van der Waals surface area contributed by atoms with Crippen LogP contribution in [0.1, 0.15) is 34.2 Å². The third-order valence-corrected chi connectivity index (χ3v) is 4.92. The van der Waals surface area contributed by atoms with Gasteiger partial charge in [-0.3, -0.25) is 4.79 Å². The van der Waals surface area contributed by atoms with E-state index in [1.807, 2.05) is 13.0 Å². The number of anilines is 1. The number of aryl methyl sites for hydroxylation is 1. The summed E-state index contributed by atoms with van der Waals surface area (Å²) in [5.74, 6) is 0.358. The van der Waals surface area contributed by atoms with Gasteiger partial charge < -0.3 is 14.6 Å². The van der Waals surface area contributed by atoms with Gasteiger partial charge >= 0.3 is 5.91 Å². The van der Waals surface area contributed by atoms with Crippen molar-refractivity contribution in [2.75, 3.05) is 25.0 Å². The standard InChI is InChI=1S/C20H21N3O2/c1-13-10-16(11-17-18(13)22-20(25-17)19(24)21-2)23-9-8-15(12-23)14-6-4-3-5-7-14/h3-7,10-11,15H,8-9,12H2,1-2H3,(H,21,24). The maximum atomic E-state index is 11.8. The molecule has 5 nitrogen and oxygen atoms in total. The topological polar surface area (TPSA) is 58.4 Å². The van der Waals surface area contributed by atoms with Crippen LogP contribution in [0.3, 0.4) is 0 Å². The third-order valence-electron chi connectivity index (χ3n) is 4.92. The Morgan fingerprint density at radius 2 is 2.08 bits per heavy atom. The molecular formula is C20H21N3O2. The molecule has 1 aliphatic rings. The van der Waals surface area contributed by atoms with Crippen LogP contribution in [-0.4, -0.2) is 31.0 Å². The summed E-state index contributed by atoms with van der Waals surface area (Å²) in [6, 6.07) is 14.8. The summed E-state index contributed by atoms with van der Waals surface area (Å²) < 4.78 is 5.66. The minimum absolute atomic E-state index is 0.112. The number of fused-ring (bicyclic) bond motifs is 1. The first kappa shape index (κ1) is 15.7. The van der Waals surface area contributed by atoms with E-state index in [4.69, 9.17) is 4.42 Å². The van der Waals surface area contributed by atoms with E-state index in [1.165, 1.54) is 5.56 Å². The zero-order valence-electron chi connectivity index (χ0n) is 14.5. The second-order valence-corrected chi connectivity index (χ2v) is 6.55. The summed E-state index contributed by atoms with van der Waals surface area (Å²) in [6.07, 6.45) is 1.14. The Kier molecular flexibility index (Phi) is 3.92. The van der Waals surface area contributed by atoms with Crippen molar-refractivity contribution in [3.8, 4) is 0 Å². The molecule has 1 aromatic heterocycles. The highest BCUT2D eigenvalue weighted by molar-refractivity contribution is 5.93. The summed E-state index contributed by atoms with van der Waals surface area (Å²) >= 11 is 0. The van der Waals surface area contributed by atoms with Gasteiger partial charge in [-0.25, -0.2) is 4.98 Å². The number of oxazole rings is 1. The number of rotatable bonds is 3. The molecular weight excluding hydrogens is 314 g/mol. The van der Waals surface area contributed by atoms with Crippen LogP contribution in [0.2, 0.25) is 0 Å². The first-order valence-electron chi connectivity index (χ1n) is 8.59. The molecule has 1 fully saturated rings. The van der Waals surface area contributed by atoms with Crippen LogP contribution in [-0.2, 0) is 0 Å². The number of nitrogens with one attached hydrogen (secondary N) is 1. The minimum atomic E-state index is -0.303. The van der Waals surface area contributed by atoms with Crippen LogP contribution in [0.4, 0.5) is 5.69 Å². The third kappa shape index (κ3) is 2.86. The normalized spacial score (nSPS) is 17.2. The fraction of sp³-hybridized carbons (Fsp3) is 0.300. The van der Waals surface area contributed by atoms with Gasteiger partial charge in [0.2, 0.25) is 0 Å². The van der Waals surface area contributed by atoms with E-state index in [-0.39, 0.29) is 11.8 Å². The Labute approximate surface area is 146 Å². The molecule has 3 aromatic rings. The lowest BCUT2D eigenvalue weighted by Crippen LogP contribution is -2.19. The number of hydrogen-bond acceptors (Lipinski definition) is 4. The van der Waals surface area contributed by atoms with Crippen LogP contribution in [0.25, 0.3) is 11.1 Å². The quantitative estimate of drug-likeness (QED) is 0.796. The Morgan fingerprint density at radius 3 is 2.84 bits per heavy atom. The molecule has 1 atom stereocenters. The van der Waals surface area contributed by atoms with E-state index >= 15 is 0 Å². The molecule has 2 heterocycles. The molecule has 2 aromatic carbocycles. The van der Waals surface area contributed by atoms with Gasteiger partial charge in [0.25, 0.3) is 5.89 Å². The van der Waals surface area contributed by atoms with Crippen molar-refractivity contribution in [3.05, 3.63) is 59.5 Å². The molecule has 1 amide bonds. The summed E-state index contributed by atoms with van der Waals surface area (Å²) in [7, 11) is 1.57. The molecule has 128 valence electrons. The van der Waals surface area contributed by atoms with E-state index in [0.717, 1.165) is 36.3 Å². The van der Waals surface area contributed by atoms with Gasteiger partial charge in [-0.1, -0.05) is 30.3 Å². The number of benzene rings is 2. The number of nitrogens with zero attached hydrogens (tertiary/aromatic N) is 2. The summed E-state index contributed by atoms with van der Waals surface area (Å²) in [4.78, 5) is 18.5. The van der Waals surface area contributed by atoms with E-state index < -0.39 is 0 Å². The zero-order chi connectivity index (χ0) is 17.4. The number of carbonyl (C=O) groups is 1. The van der Waals surface area contributed by atoms with Crippen LogP contribution in [0.5, 0.6) is 0 Å². The molecule has 0 spiro atoms. The highest BCUT2D eigenvalue weighted by atomic mass is 16.4. The van der Waals surface area contributed by atoms with Gasteiger partial charge in [0.05, 0.1) is 0 Å². The Bertz CT molecular complexity index is 917. The predicted octanol–water partition coefficient (Wildman–Crippen LogP) is 3.49. The lowest BCUT2D eigenvalue weighted by Gasteiger charge is -2.19. The second kappa shape index (κ2) is 6.24. The number of aromatic nitrogens is 1. The molecule has 0 radical (unpaired) electrons. The molecule has 1 N–H and O–H groups in total. The average molecular weight is 335 g/mol. The SMILES string of the molecule is CNC(=O)c1nc2c(C)cc(N3CCC(c4ccccc4)C3)cc2o1. The minimum Gasteiger partial charge on any atom is -0.432 e. The molecule has 1 unspecified atom stereocenters. The van der Waals surface area contributed by atoms with Crippen molar-refractivity contribution < 1.29 is 9.21 Å². The van der Waals surface area contributed by atoms with E-state index in [2.05, 4.69) is 51.6 Å². The second-order valence-electron chi connectivity index (χ2n) is 6.55. The highest BCUT2D eigenvalue weighted by Crippen LogP contribution is 2.33. The van der Waals surface area contributed by atoms with Crippen LogP contribution in [0, 0.1) is 6.92 Å². The van der Waals surface area contributed by atoms with Crippen molar-refractivity contribution in [2.45, 2.75) is 19.3 Å². The Hall–Kier alpha value is -2.82. The van der Waals surface area contributed by atoms with Crippen molar-refractivity contribution in [2.24, 2.45) is 0 Å². The maximum Gasteiger partial charge on any atom is 0.306 e. The Balaban J connectivity index is 1.62. The number of hydrogen-bond donors (Lipinski definition) is 1. The number of carbonyl (C=O) groups excluding carboxylic acids is 1. The van der Waals surface area contributed by atoms with Crippen molar-refractivity contribution in [1.29, 1.82) is 0 Å².